The normalized spacial score (nSPS) is 11.3. The molecule has 0 spiro atoms. The number of ether oxygens (including phenoxy) is 1. The van der Waals surface area contributed by atoms with Gasteiger partial charge in [0.25, 0.3) is 0 Å². The molecule has 0 bridgehead atoms. The van der Waals surface area contributed by atoms with Crippen molar-refractivity contribution < 1.29 is 9.26 Å². The summed E-state index contributed by atoms with van der Waals surface area (Å²) in [4.78, 5) is 4.65. The van der Waals surface area contributed by atoms with Crippen molar-refractivity contribution >= 4 is 11.0 Å². The highest BCUT2D eigenvalue weighted by molar-refractivity contribution is 5.76. The Morgan fingerprint density at radius 2 is 2.15 bits per heavy atom. The highest BCUT2D eigenvalue weighted by atomic mass is 16.5. The molecule has 2 aromatic heterocycles. The first kappa shape index (κ1) is 12.9. The summed E-state index contributed by atoms with van der Waals surface area (Å²) < 4.78 is 12.5. The second kappa shape index (κ2) is 5.46. The summed E-state index contributed by atoms with van der Waals surface area (Å²) in [5.74, 6) is 1.80. The van der Waals surface area contributed by atoms with Gasteiger partial charge in [-0.3, -0.25) is 0 Å². The average Bonchev–Trinajstić information content (AvgIpc) is 3.05. The van der Waals surface area contributed by atoms with Gasteiger partial charge in [-0.1, -0.05) is 24.2 Å². The number of aromatic nitrogens is 3. The van der Waals surface area contributed by atoms with Crippen molar-refractivity contribution in [1.29, 1.82) is 0 Å². The van der Waals surface area contributed by atoms with Gasteiger partial charge in [0.1, 0.15) is 18.1 Å². The van der Waals surface area contributed by atoms with Crippen LogP contribution in [0.1, 0.15) is 24.2 Å². The number of benzene rings is 1. The van der Waals surface area contributed by atoms with Crippen LogP contribution < -0.4 is 0 Å². The maximum Gasteiger partial charge on any atom is 0.162 e. The first-order valence-electron chi connectivity index (χ1n) is 6.69. The van der Waals surface area contributed by atoms with Crippen LogP contribution in [0.3, 0.4) is 0 Å². The van der Waals surface area contributed by atoms with Crippen LogP contribution in [0.2, 0.25) is 0 Å². The van der Waals surface area contributed by atoms with E-state index in [0.717, 1.165) is 34.7 Å². The highest BCUT2D eigenvalue weighted by Gasteiger charge is 2.11. The molecule has 0 aliphatic rings. The zero-order valence-electron chi connectivity index (χ0n) is 11.7. The van der Waals surface area contributed by atoms with Crippen LogP contribution in [0.5, 0.6) is 0 Å². The summed E-state index contributed by atoms with van der Waals surface area (Å²) in [5, 5.41) is 4.09. The van der Waals surface area contributed by atoms with Crippen LogP contribution in [-0.2, 0) is 24.3 Å². The van der Waals surface area contributed by atoms with Crippen molar-refractivity contribution in [3.05, 3.63) is 47.6 Å². The summed E-state index contributed by atoms with van der Waals surface area (Å²) in [5.41, 5.74) is 3.03. The van der Waals surface area contributed by atoms with Crippen LogP contribution in [0.15, 0.2) is 34.9 Å². The van der Waals surface area contributed by atoms with Gasteiger partial charge in [0.05, 0.1) is 17.6 Å². The molecule has 0 fully saturated rings. The molecular weight excluding hydrogens is 254 g/mol. The Morgan fingerprint density at radius 1 is 1.30 bits per heavy atom. The monoisotopic (exact) mass is 271 g/mol. The Kier molecular flexibility index (Phi) is 3.52. The molecule has 0 N–H and O–H groups in total. The zero-order valence-corrected chi connectivity index (χ0v) is 11.7. The van der Waals surface area contributed by atoms with Crippen molar-refractivity contribution in [2.75, 3.05) is 7.11 Å². The minimum absolute atomic E-state index is 0.443. The summed E-state index contributed by atoms with van der Waals surface area (Å²) in [6.45, 7) is 3.21. The van der Waals surface area contributed by atoms with Crippen molar-refractivity contribution in [3.63, 3.8) is 0 Å². The fourth-order valence-corrected chi connectivity index (χ4v) is 2.37. The van der Waals surface area contributed by atoms with Crippen LogP contribution in [0.4, 0.5) is 0 Å². The molecule has 0 radical (unpaired) electrons. The van der Waals surface area contributed by atoms with Crippen molar-refractivity contribution in [2.24, 2.45) is 0 Å². The first-order valence-corrected chi connectivity index (χ1v) is 6.69. The fraction of sp³-hybridized carbons (Fsp3) is 0.333. The van der Waals surface area contributed by atoms with Crippen molar-refractivity contribution in [2.45, 2.75) is 26.5 Å². The number of hydrogen-bond acceptors (Lipinski definition) is 4. The zero-order chi connectivity index (χ0) is 13.9. The highest BCUT2D eigenvalue weighted by Crippen LogP contribution is 2.18. The van der Waals surface area contributed by atoms with Gasteiger partial charge in [-0.2, -0.15) is 0 Å². The quantitative estimate of drug-likeness (QED) is 0.716. The molecular formula is C15H17N3O2. The number of methoxy groups -OCH3 is 1. The summed E-state index contributed by atoms with van der Waals surface area (Å²) >= 11 is 0. The minimum Gasteiger partial charge on any atom is -0.377 e. The Hall–Kier alpha value is -2.14. The number of rotatable bonds is 5. The van der Waals surface area contributed by atoms with Gasteiger partial charge < -0.3 is 13.8 Å². The smallest absolute Gasteiger partial charge is 0.162 e. The van der Waals surface area contributed by atoms with E-state index in [1.807, 2.05) is 24.3 Å². The number of nitrogens with zero attached hydrogens (tertiary/aromatic N) is 3. The van der Waals surface area contributed by atoms with Gasteiger partial charge in [0.2, 0.25) is 0 Å². The summed E-state index contributed by atoms with van der Waals surface area (Å²) in [7, 11) is 1.64. The van der Waals surface area contributed by atoms with Crippen LogP contribution in [0.25, 0.3) is 11.0 Å². The molecule has 0 aliphatic carbocycles. The van der Waals surface area contributed by atoms with Crippen LogP contribution in [-0.4, -0.2) is 21.8 Å². The number of imidazole rings is 1. The largest absolute Gasteiger partial charge is 0.377 e. The number of fused-ring (bicyclic) bond motifs is 1. The van der Waals surface area contributed by atoms with Gasteiger partial charge in [-0.25, -0.2) is 4.98 Å². The predicted molar refractivity (Wildman–Crippen MR) is 75.4 cm³/mol. The van der Waals surface area contributed by atoms with E-state index >= 15 is 0 Å². The lowest BCUT2D eigenvalue weighted by Gasteiger charge is -2.05. The van der Waals surface area contributed by atoms with E-state index in [0.29, 0.717) is 13.2 Å². The van der Waals surface area contributed by atoms with E-state index in [4.69, 9.17) is 9.26 Å². The molecule has 0 saturated carbocycles. The second-order valence-electron chi connectivity index (χ2n) is 4.67. The summed E-state index contributed by atoms with van der Waals surface area (Å²) in [6, 6.07) is 10.1. The predicted octanol–water partition coefficient (Wildman–Crippen LogP) is 2.78. The van der Waals surface area contributed by atoms with E-state index in [9.17, 15) is 0 Å². The molecule has 0 atom stereocenters. The Labute approximate surface area is 117 Å². The molecule has 5 heteroatoms. The molecule has 5 nitrogen and oxygen atoms in total. The standard InChI is InChI=1S/C15H17N3O2/c1-3-15-16-13-6-4-5-7-14(13)18(15)9-11-8-12(10-19-2)20-17-11/h4-8H,3,9-10H2,1-2H3. The Bertz CT molecular complexity index is 715. The van der Waals surface area contributed by atoms with Crippen LogP contribution >= 0.6 is 0 Å². The van der Waals surface area contributed by atoms with Crippen molar-refractivity contribution in [3.8, 4) is 0 Å². The van der Waals surface area contributed by atoms with Crippen molar-refractivity contribution in [1.82, 2.24) is 14.7 Å². The van der Waals surface area contributed by atoms with E-state index in [2.05, 4.69) is 27.7 Å². The lowest BCUT2D eigenvalue weighted by molar-refractivity contribution is 0.155. The third kappa shape index (κ3) is 2.32. The first-order chi connectivity index (χ1) is 9.81. The second-order valence-corrected chi connectivity index (χ2v) is 4.67. The Balaban J connectivity index is 1.96. The average molecular weight is 271 g/mol. The van der Waals surface area contributed by atoms with E-state index in [1.54, 1.807) is 7.11 Å². The topological polar surface area (TPSA) is 53.1 Å². The van der Waals surface area contributed by atoms with Gasteiger partial charge in [-0.15, -0.1) is 0 Å². The van der Waals surface area contributed by atoms with E-state index in [1.165, 1.54) is 0 Å². The SMILES string of the molecule is CCc1nc2ccccc2n1Cc1cc(COC)on1. The fourth-order valence-electron chi connectivity index (χ4n) is 2.37. The molecule has 104 valence electrons. The molecule has 1 aromatic carbocycles. The van der Waals surface area contributed by atoms with Crippen LogP contribution in [0, 0.1) is 0 Å². The molecule has 0 aliphatic heterocycles. The van der Waals surface area contributed by atoms with Gasteiger partial charge >= 0.3 is 0 Å². The molecule has 2 heterocycles. The van der Waals surface area contributed by atoms with E-state index < -0.39 is 0 Å². The minimum atomic E-state index is 0.443. The lowest BCUT2D eigenvalue weighted by Crippen LogP contribution is -2.04. The van der Waals surface area contributed by atoms with E-state index in [-0.39, 0.29) is 0 Å². The number of aryl methyl sites for hydroxylation is 1. The molecule has 20 heavy (non-hydrogen) atoms. The Morgan fingerprint density at radius 3 is 2.95 bits per heavy atom. The number of para-hydroxylation sites is 2. The number of hydrogen-bond donors (Lipinski definition) is 0. The molecule has 3 rings (SSSR count). The molecule has 0 saturated heterocycles. The van der Waals surface area contributed by atoms with Gasteiger partial charge in [-0.05, 0) is 12.1 Å². The van der Waals surface area contributed by atoms with Gasteiger partial charge in [0.15, 0.2) is 5.76 Å². The maximum atomic E-state index is 5.23. The maximum absolute atomic E-state index is 5.23. The third-order valence-corrected chi connectivity index (χ3v) is 3.26. The lowest BCUT2D eigenvalue weighted by atomic mass is 10.3. The summed E-state index contributed by atoms with van der Waals surface area (Å²) in [6.07, 6.45) is 0.886. The van der Waals surface area contributed by atoms with Gasteiger partial charge in [0, 0.05) is 19.6 Å². The third-order valence-electron chi connectivity index (χ3n) is 3.26. The molecule has 0 unspecified atom stereocenters. The molecule has 0 amide bonds. The molecule has 3 aromatic rings.